The number of rotatable bonds is 3. The summed E-state index contributed by atoms with van der Waals surface area (Å²) in [7, 11) is 0. The van der Waals surface area contributed by atoms with Crippen LogP contribution in [0.4, 0.5) is 0 Å². The van der Waals surface area contributed by atoms with Crippen LogP contribution in [0.3, 0.4) is 0 Å². The van der Waals surface area contributed by atoms with Gasteiger partial charge in [0.05, 0.1) is 0 Å². The summed E-state index contributed by atoms with van der Waals surface area (Å²) in [6.45, 7) is 6.77. The molecule has 1 heteroatoms. The Morgan fingerprint density at radius 3 is 1.56 bits per heavy atom. The molecule has 0 aromatic carbocycles. The van der Waals surface area contributed by atoms with Gasteiger partial charge in [0.2, 0.25) is 0 Å². The van der Waals surface area contributed by atoms with Gasteiger partial charge < -0.3 is 0 Å². The van der Waals surface area contributed by atoms with E-state index in [1.54, 1.807) is 8.71 Å². The fourth-order valence-electron chi connectivity index (χ4n) is 0.927. The molecular formula is C8H15Pb. The molecule has 0 N–H and O–H groups in total. The fourth-order valence-corrected chi connectivity index (χ4v) is 2.30. The van der Waals surface area contributed by atoms with Gasteiger partial charge in [-0.15, -0.1) is 0 Å². The van der Waals surface area contributed by atoms with Gasteiger partial charge in [-0.1, -0.05) is 0 Å². The Morgan fingerprint density at radius 1 is 1.00 bits per heavy atom. The molecule has 0 spiro atoms. The first-order chi connectivity index (χ1) is 4.26. The van der Waals surface area contributed by atoms with E-state index in [0.717, 1.165) is 0 Å². The molecule has 9 heavy (non-hydrogen) atoms. The molecule has 0 saturated carbocycles. The molecular weight excluding hydrogens is 303 g/mol. The van der Waals surface area contributed by atoms with Crippen LogP contribution in [0, 0.1) is 0 Å². The van der Waals surface area contributed by atoms with Crippen LogP contribution in [0.1, 0.15) is 40.0 Å². The summed E-state index contributed by atoms with van der Waals surface area (Å²) in [6, 6.07) is 0. The molecule has 0 heterocycles. The Morgan fingerprint density at radius 2 is 1.44 bits per heavy atom. The Labute approximate surface area is 74.4 Å². The van der Waals surface area contributed by atoms with Gasteiger partial charge in [-0.2, -0.15) is 0 Å². The molecule has 0 bridgehead atoms. The molecule has 0 saturated heterocycles. The zero-order valence-corrected chi connectivity index (χ0v) is 10.5. The van der Waals surface area contributed by atoms with Crippen molar-refractivity contribution in [1.29, 1.82) is 0 Å². The minimum atomic E-state index is 1.27. The molecule has 0 aliphatic carbocycles. The van der Waals surface area contributed by atoms with Crippen molar-refractivity contribution in [2.24, 2.45) is 0 Å². The van der Waals surface area contributed by atoms with Crippen molar-refractivity contribution in [3.05, 3.63) is 8.71 Å². The second-order valence-electron chi connectivity index (χ2n) is 2.14. The SMILES string of the molecule is CC[C]([Pb])=C(CC)CC. The normalized spacial score (nSPS) is 9.33. The van der Waals surface area contributed by atoms with Crippen LogP contribution >= 0.6 is 0 Å². The molecule has 0 atom stereocenters. The van der Waals surface area contributed by atoms with Crippen LogP contribution in [0.15, 0.2) is 8.71 Å². The zero-order valence-electron chi connectivity index (χ0n) is 6.62. The minimum absolute atomic E-state index is 1.27. The van der Waals surface area contributed by atoms with Gasteiger partial charge in [-0.05, 0) is 0 Å². The van der Waals surface area contributed by atoms with Gasteiger partial charge in [0, 0.05) is 0 Å². The topological polar surface area (TPSA) is 0 Å². The summed E-state index contributed by atoms with van der Waals surface area (Å²) in [5.41, 5.74) is 1.70. The second-order valence-corrected chi connectivity index (χ2v) is 4.49. The van der Waals surface area contributed by atoms with Crippen molar-refractivity contribution in [1.82, 2.24) is 0 Å². The molecule has 0 aliphatic rings. The van der Waals surface area contributed by atoms with Gasteiger partial charge in [-0.3, -0.25) is 0 Å². The van der Waals surface area contributed by atoms with E-state index < -0.39 is 0 Å². The summed E-state index contributed by atoms with van der Waals surface area (Å²) in [4.78, 5) is 0. The number of allylic oxidation sites excluding steroid dienone is 2. The van der Waals surface area contributed by atoms with E-state index in [2.05, 4.69) is 20.8 Å². The van der Waals surface area contributed by atoms with Crippen LogP contribution in [-0.2, 0) is 0 Å². The molecule has 0 rings (SSSR count). The van der Waals surface area contributed by atoms with Crippen LogP contribution in [0.2, 0.25) is 0 Å². The summed E-state index contributed by atoms with van der Waals surface area (Å²) >= 11 is 1.27. The second kappa shape index (κ2) is 5.45. The summed E-state index contributed by atoms with van der Waals surface area (Å²) in [6.07, 6.45) is 3.82. The van der Waals surface area contributed by atoms with Gasteiger partial charge >= 0.3 is 74.5 Å². The Bertz CT molecular complexity index is 97.1. The Balaban J connectivity index is 4.01. The van der Waals surface area contributed by atoms with E-state index in [4.69, 9.17) is 0 Å². The van der Waals surface area contributed by atoms with E-state index in [-0.39, 0.29) is 0 Å². The quantitative estimate of drug-likeness (QED) is 0.702. The van der Waals surface area contributed by atoms with Crippen LogP contribution in [-0.4, -0.2) is 25.8 Å². The monoisotopic (exact) mass is 319 g/mol. The van der Waals surface area contributed by atoms with Crippen molar-refractivity contribution in [2.75, 3.05) is 0 Å². The summed E-state index contributed by atoms with van der Waals surface area (Å²) in [5, 5.41) is 0. The molecule has 0 aromatic heterocycles. The fraction of sp³-hybridized carbons (Fsp3) is 0.750. The van der Waals surface area contributed by atoms with Gasteiger partial charge in [-0.25, -0.2) is 0 Å². The average molecular weight is 318 g/mol. The van der Waals surface area contributed by atoms with Crippen molar-refractivity contribution in [3.8, 4) is 0 Å². The van der Waals surface area contributed by atoms with E-state index >= 15 is 0 Å². The maximum atomic E-state index is 2.26. The molecule has 0 nitrogen and oxygen atoms in total. The third-order valence-electron chi connectivity index (χ3n) is 1.63. The van der Waals surface area contributed by atoms with Crippen molar-refractivity contribution in [2.45, 2.75) is 40.0 Å². The van der Waals surface area contributed by atoms with Crippen molar-refractivity contribution >= 4 is 25.8 Å². The van der Waals surface area contributed by atoms with Gasteiger partial charge in [0.1, 0.15) is 0 Å². The third kappa shape index (κ3) is 3.38. The number of hydrogen-bond donors (Lipinski definition) is 0. The first kappa shape index (κ1) is 9.66. The summed E-state index contributed by atoms with van der Waals surface area (Å²) in [5.74, 6) is 0. The molecule has 3 radical (unpaired) electrons. The van der Waals surface area contributed by atoms with Crippen LogP contribution < -0.4 is 0 Å². The zero-order chi connectivity index (χ0) is 7.28. The van der Waals surface area contributed by atoms with Crippen molar-refractivity contribution < 1.29 is 0 Å². The molecule has 0 fully saturated rings. The average Bonchev–Trinajstić information content (AvgIpc) is 1.90. The molecule has 0 amide bonds. The van der Waals surface area contributed by atoms with E-state index in [9.17, 15) is 0 Å². The van der Waals surface area contributed by atoms with E-state index in [1.807, 2.05) is 0 Å². The summed E-state index contributed by atoms with van der Waals surface area (Å²) < 4.78 is 1.72. The first-order valence-corrected chi connectivity index (χ1v) is 5.63. The third-order valence-corrected chi connectivity index (χ3v) is 4.38. The van der Waals surface area contributed by atoms with Gasteiger partial charge in [0.15, 0.2) is 0 Å². The standard InChI is InChI=1S/C8H15.Pb/c1-4-7-8(5-2)6-3;/h4-6H2,1-3H3;. The Hall–Kier alpha value is 0.662. The predicted octanol–water partition coefficient (Wildman–Crippen LogP) is 2.64. The van der Waals surface area contributed by atoms with E-state index in [1.165, 1.54) is 45.0 Å². The number of hydrogen-bond acceptors (Lipinski definition) is 0. The van der Waals surface area contributed by atoms with Crippen LogP contribution in [0.5, 0.6) is 0 Å². The molecule has 0 unspecified atom stereocenters. The molecule has 0 aliphatic heterocycles. The maximum absolute atomic E-state index is 2.26. The first-order valence-electron chi connectivity index (χ1n) is 3.68. The predicted molar refractivity (Wildman–Crippen MR) is 43.7 cm³/mol. The van der Waals surface area contributed by atoms with E-state index in [0.29, 0.717) is 0 Å². The molecule has 51 valence electrons. The molecule has 0 aromatic rings. The van der Waals surface area contributed by atoms with Gasteiger partial charge in [0.25, 0.3) is 0 Å². The van der Waals surface area contributed by atoms with Crippen molar-refractivity contribution in [3.63, 3.8) is 0 Å². The van der Waals surface area contributed by atoms with Crippen LogP contribution in [0.25, 0.3) is 0 Å². The Kier molecular flexibility index (Phi) is 5.85.